The Hall–Kier alpha value is -0.380. The third-order valence-corrected chi connectivity index (χ3v) is 3.41. The predicted molar refractivity (Wildman–Crippen MR) is 76.3 cm³/mol. The van der Waals surface area contributed by atoms with Gasteiger partial charge in [0.25, 0.3) is 0 Å². The van der Waals surface area contributed by atoms with Crippen molar-refractivity contribution in [1.82, 2.24) is 0 Å². The van der Waals surface area contributed by atoms with Gasteiger partial charge in [0, 0.05) is 17.7 Å². The monoisotopic (exact) mass is 299 g/mol. The quantitative estimate of drug-likeness (QED) is 0.743. The maximum atomic E-state index is 5.82. The van der Waals surface area contributed by atoms with Crippen LogP contribution in [-0.2, 0) is 4.74 Å². The van der Waals surface area contributed by atoms with Gasteiger partial charge >= 0.3 is 0 Å². The molecule has 0 saturated carbocycles. The molecule has 3 heteroatoms. The lowest BCUT2D eigenvalue weighted by atomic mass is 9.96. The van der Waals surface area contributed by atoms with Crippen LogP contribution in [0.25, 0.3) is 0 Å². The minimum absolute atomic E-state index is 0.407. The summed E-state index contributed by atoms with van der Waals surface area (Å²) in [6.45, 7) is 4.53. The zero-order valence-corrected chi connectivity index (χ0v) is 12.1. The summed E-state index contributed by atoms with van der Waals surface area (Å²) in [5.41, 5.74) is 7.12. The summed E-state index contributed by atoms with van der Waals surface area (Å²) < 4.78 is 6.69. The molecule has 0 fully saturated rings. The van der Waals surface area contributed by atoms with Crippen molar-refractivity contribution in [3.8, 4) is 0 Å². The van der Waals surface area contributed by atoms with Gasteiger partial charge in [-0.3, -0.25) is 0 Å². The van der Waals surface area contributed by atoms with E-state index in [9.17, 15) is 0 Å². The van der Waals surface area contributed by atoms with Gasteiger partial charge in [-0.1, -0.05) is 41.4 Å². The molecule has 0 radical (unpaired) electrons. The molecule has 1 unspecified atom stereocenters. The second kappa shape index (κ2) is 8.67. The molecule has 0 aromatic heterocycles. The fourth-order valence-electron chi connectivity index (χ4n) is 1.73. The lowest BCUT2D eigenvalue weighted by Crippen LogP contribution is -2.15. The van der Waals surface area contributed by atoms with E-state index in [0.29, 0.717) is 12.5 Å². The maximum Gasteiger partial charge on any atom is 0.0472 e. The fraction of sp³-hybridized carbons (Fsp3) is 0.571. The van der Waals surface area contributed by atoms with Crippen molar-refractivity contribution in [2.24, 2.45) is 5.73 Å². The van der Waals surface area contributed by atoms with Crippen molar-refractivity contribution in [2.75, 3.05) is 19.8 Å². The van der Waals surface area contributed by atoms with E-state index in [1.165, 1.54) is 12.0 Å². The topological polar surface area (TPSA) is 35.2 Å². The van der Waals surface area contributed by atoms with Gasteiger partial charge in [-0.2, -0.15) is 0 Å². The van der Waals surface area contributed by atoms with Crippen LogP contribution in [0.3, 0.4) is 0 Å². The van der Waals surface area contributed by atoms with E-state index in [4.69, 9.17) is 10.5 Å². The second-order valence-electron chi connectivity index (χ2n) is 4.24. The summed E-state index contributed by atoms with van der Waals surface area (Å²) >= 11 is 3.44. The molecule has 2 nitrogen and oxygen atoms in total. The van der Waals surface area contributed by atoms with Crippen molar-refractivity contribution in [3.05, 3.63) is 34.3 Å². The highest BCUT2D eigenvalue weighted by Crippen LogP contribution is 2.20. The highest BCUT2D eigenvalue weighted by molar-refractivity contribution is 9.10. The van der Waals surface area contributed by atoms with E-state index in [1.54, 1.807) is 0 Å². The Morgan fingerprint density at radius 1 is 1.24 bits per heavy atom. The first kappa shape index (κ1) is 14.7. The Morgan fingerprint density at radius 2 is 1.94 bits per heavy atom. The minimum atomic E-state index is 0.407. The Kier molecular flexibility index (Phi) is 7.49. The van der Waals surface area contributed by atoms with E-state index >= 15 is 0 Å². The molecular weight excluding hydrogens is 278 g/mol. The standard InChI is InChI=1S/C14H22BrNO/c1-2-3-9-17-10-8-13(11-16)12-4-6-14(15)7-5-12/h4-7,13H,2-3,8-11,16H2,1H3. The first-order chi connectivity index (χ1) is 8.27. The van der Waals surface area contributed by atoms with Gasteiger partial charge in [0.1, 0.15) is 0 Å². The minimum Gasteiger partial charge on any atom is -0.381 e. The van der Waals surface area contributed by atoms with Gasteiger partial charge < -0.3 is 10.5 Å². The highest BCUT2D eigenvalue weighted by Gasteiger charge is 2.09. The molecule has 0 spiro atoms. The number of hydrogen-bond acceptors (Lipinski definition) is 2. The van der Waals surface area contributed by atoms with Crippen LogP contribution < -0.4 is 5.73 Å². The summed E-state index contributed by atoms with van der Waals surface area (Å²) in [4.78, 5) is 0. The number of halogens is 1. The molecule has 1 aromatic carbocycles. The maximum absolute atomic E-state index is 5.82. The summed E-state index contributed by atoms with van der Waals surface area (Å²) in [7, 11) is 0. The Labute approximate surface area is 113 Å². The average Bonchev–Trinajstić information content (AvgIpc) is 2.35. The summed E-state index contributed by atoms with van der Waals surface area (Å²) in [6, 6.07) is 8.40. The molecule has 0 aliphatic carbocycles. The number of rotatable bonds is 8. The van der Waals surface area contributed by atoms with Gasteiger partial charge in [0.05, 0.1) is 0 Å². The van der Waals surface area contributed by atoms with Gasteiger partial charge in [-0.15, -0.1) is 0 Å². The Bertz CT molecular complexity index is 300. The SMILES string of the molecule is CCCCOCCC(CN)c1ccc(Br)cc1. The van der Waals surface area contributed by atoms with Crippen molar-refractivity contribution in [2.45, 2.75) is 32.1 Å². The highest BCUT2D eigenvalue weighted by atomic mass is 79.9. The molecule has 2 N–H and O–H groups in total. The zero-order valence-electron chi connectivity index (χ0n) is 10.5. The molecular formula is C14H22BrNO. The average molecular weight is 300 g/mol. The number of benzene rings is 1. The van der Waals surface area contributed by atoms with Crippen LogP contribution in [0.5, 0.6) is 0 Å². The molecule has 1 atom stereocenters. The Balaban J connectivity index is 2.35. The fourth-order valence-corrected chi connectivity index (χ4v) is 1.99. The summed E-state index contributed by atoms with van der Waals surface area (Å²) in [5, 5.41) is 0. The summed E-state index contributed by atoms with van der Waals surface area (Å²) in [5.74, 6) is 0.407. The molecule has 1 rings (SSSR count). The van der Waals surface area contributed by atoms with Gasteiger partial charge in [0.2, 0.25) is 0 Å². The third-order valence-electron chi connectivity index (χ3n) is 2.88. The van der Waals surface area contributed by atoms with Gasteiger partial charge in [0.15, 0.2) is 0 Å². The summed E-state index contributed by atoms with van der Waals surface area (Å²) in [6.07, 6.45) is 3.33. The van der Waals surface area contributed by atoms with Crippen molar-refractivity contribution in [1.29, 1.82) is 0 Å². The molecule has 17 heavy (non-hydrogen) atoms. The smallest absolute Gasteiger partial charge is 0.0472 e. The number of unbranched alkanes of at least 4 members (excludes halogenated alkanes) is 1. The van der Waals surface area contributed by atoms with Crippen molar-refractivity contribution in [3.63, 3.8) is 0 Å². The largest absolute Gasteiger partial charge is 0.381 e. The molecule has 0 heterocycles. The molecule has 96 valence electrons. The predicted octanol–water partition coefficient (Wildman–Crippen LogP) is 3.70. The van der Waals surface area contributed by atoms with E-state index in [2.05, 4.69) is 47.1 Å². The molecule has 0 bridgehead atoms. The van der Waals surface area contributed by atoms with Gasteiger partial charge in [-0.25, -0.2) is 0 Å². The zero-order chi connectivity index (χ0) is 12.5. The lowest BCUT2D eigenvalue weighted by molar-refractivity contribution is 0.124. The van der Waals surface area contributed by atoms with E-state index < -0.39 is 0 Å². The molecule has 1 aromatic rings. The van der Waals surface area contributed by atoms with E-state index in [-0.39, 0.29) is 0 Å². The first-order valence-corrected chi connectivity index (χ1v) is 7.10. The second-order valence-corrected chi connectivity index (χ2v) is 5.15. The number of ether oxygens (including phenoxy) is 1. The van der Waals surface area contributed by atoms with Gasteiger partial charge in [-0.05, 0) is 43.0 Å². The molecule has 0 aliphatic rings. The molecule has 0 saturated heterocycles. The number of hydrogen-bond donors (Lipinski definition) is 1. The van der Waals surface area contributed by atoms with E-state index in [0.717, 1.165) is 30.5 Å². The van der Waals surface area contributed by atoms with Crippen LogP contribution in [-0.4, -0.2) is 19.8 Å². The van der Waals surface area contributed by atoms with Crippen LogP contribution in [0, 0.1) is 0 Å². The molecule has 0 amide bonds. The number of nitrogens with two attached hydrogens (primary N) is 1. The lowest BCUT2D eigenvalue weighted by Gasteiger charge is -2.15. The van der Waals surface area contributed by atoms with Crippen molar-refractivity contribution < 1.29 is 4.74 Å². The first-order valence-electron chi connectivity index (χ1n) is 6.31. The van der Waals surface area contributed by atoms with Crippen LogP contribution in [0.2, 0.25) is 0 Å². The van der Waals surface area contributed by atoms with Crippen LogP contribution in [0.15, 0.2) is 28.7 Å². The normalized spacial score (nSPS) is 12.6. The molecule has 0 aliphatic heterocycles. The Morgan fingerprint density at radius 3 is 2.53 bits per heavy atom. The van der Waals surface area contributed by atoms with Crippen LogP contribution >= 0.6 is 15.9 Å². The van der Waals surface area contributed by atoms with Crippen LogP contribution in [0.4, 0.5) is 0 Å². The van der Waals surface area contributed by atoms with Crippen molar-refractivity contribution >= 4 is 15.9 Å². The van der Waals surface area contributed by atoms with Crippen LogP contribution in [0.1, 0.15) is 37.7 Å². The third kappa shape index (κ3) is 5.66. The van der Waals surface area contributed by atoms with E-state index in [1.807, 2.05) is 0 Å².